The number of ether oxygens (including phenoxy) is 4. The second-order valence-electron chi connectivity index (χ2n) is 6.41. The molecule has 0 spiro atoms. The molecule has 0 unspecified atom stereocenters. The average Bonchev–Trinajstić information content (AvgIpc) is 2.77. The second-order valence-corrected chi connectivity index (χ2v) is 6.41. The second kappa shape index (κ2) is 8.10. The van der Waals surface area contributed by atoms with E-state index in [2.05, 4.69) is 10.5 Å². The van der Waals surface area contributed by atoms with E-state index in [1.165, 1.54) is 6.21 Å². The molecule has 7 nitrogen and oxygen atoms in total. The van der Waals surface area contributed by atoms with Crippen LogP contribution in [0.2, 0.25) is 0 Å². The van der Waals surface area contributed by atoms with Gasteiger partial charge in [0.2, 0.25) is 6.10 Å². The molecule has 3 aromatic carbocycles. The number of hydrogen-bond acceptors (Lipinski definition) is 6. The summed E-state index contributed by atoms with van der Waals surface area (Å²) >= 11 is 0. The highest BCUT2D eigenvalue weighted by molar-refractivity contribution is 5.88. The Kier molecular flexibility index (Phi) is 5.20. The first-order valence-electron chi connectivity index (χ1n) is 9.05. The lowest BCUT2D eigenvalue weighted by molar-refractivity contribution is -0.130. The maximum Gasteiger partial charge on any atom is 0.284 e. The van der Waals surface area contributed by atoms with E-state index in [0.29, 0.717) is 28.6 Å². The van der Waals surface area contributed by atoms with Crippen LogP contribution < -0.4 is 24.4 Å². The van der Waals surface area contributed by atoms with Gasteiger partial charge in [-0.15, -0.1) is 0 Å². The Bertz CT molecular complexity index is 1080. The van der Waals surface area contributed by atoms with Gasteiger partial charge < -0.3 is 18.9 Å². The summed E-state index contributed by atoms with van der Waals surface area (Å²) < 4.78 is 22.0. The van der Waals surface area contributed by atoms with Crippen LogP contribution in [0, 0.1) is 0 Å². The molecule has 1 N–H and O–H groups in total. The van der Waals surface area contributed by atoms with Gasteiger partial charge in [0.25, 0.3) is 5.91 Å². The predicted molar refractivity (Wildman–Crippen MR) is 109 cm³/mol. The monoisotopic (exact) mass is 392 g/mol. The Hall–Kier alpha value is -3.74. The molecule has 0 saturated carbocycles. The number of fused-ring (bicyclic) bond motifs is 2. The Morgan fingerprint density at radius 1 is 1.07 bits per heavy atom. The molecule has 7 heteroatoms. The third-order valence-electron chi connectivity index (χ3n) is 4.58. The molecular weight excluding hydrogens is 372 g/mol. The first kappa shape index (κ1) is 18.6. The summed E-state index contributed by atoms with van der Waals surface area (Å²) in [6, 6.07) is 17.0. The minimum Gasteiger partial charge on any atom is -0.497 e. The van der Waals surface area contributed by atoms with Gasteiger partial charge in [-0.3, -0.25) is 4.79 Å². The minimum atomic E-state index is -0.798. The maximum absolute atomic E-state index is 12.5. The highest BCUT2D eigenvalue weighted by Gasteiger charge is 2.27. The third-order valence-corrected chi connectivity index (χ3v) is 4.58. The van der Waals surface area contributed by atoms with Crippen molar-refractivity contribution in [3.8, 4) is 23.0 Å². The van der Waals surface area contributed by atoms with Crippen molar-refractivity contribution in [1.82, 2.24) is 5.43 Å². The molecule has 1 amide bonds. The van der Waals surface area contributed by atoms with Crippen LogP contribution in [0.5, 0.6) is 23.0 Å². The summed E-state index contributed by atoms with van der Waals surface area (Å²) in [5, 5.41) is 6.07. The minimum absolute atomic E-state index is 0.106. The first-order valence-corrected chi connectivity index (χ1v) is 9.05. The predicted octanol–water partition coefficient (Wildman–Crippen LogP) is 3.15. The fourth-order valence-corrected chi connectivity index (χ4v) is 3.06. The number of amides is 1. The summed E-state index contributed by atoms with van der Waals surface area (Å²) in [5.74, 6) is 2.03. The molecule has 1 atom stereocenters. The normalized spacial score (nSPS) is 15.3. The van der Waals surface area contributed by atoms with Crippen LogP contribution >= 0.6 is 0 Å². The topological polar surface area (TPSA) is 78.4 Å². The molecule has 0 bridgehead atoms. The van der Waals surface area contributed by atoms with Gasteiger partial charge in [0.05, 0.1) is 20.4 Å². The number of benzene rings is 3. The molecule has 0 fully saturated rings. The number of hydrogen-bond donors (Lipinski definition) is 1. The lowest BCUT2D eigenvalue weighted by atomic mass is 10.1. The van der Waals surface area contributed by atoms with Crippen molar-refractivity contribution in [2.45, 2.75) is 6.10 Å². The molecule has 1 heterocycles. The van der Waals surface area contributed by atoms with E-state index in [1.54, 1.807) is 32.4 Å². The Balaban J connectivity index is 1.45. The highest BCUT2D eigenvalue weighted by Crippen LogP contribution is 2.35. The molecule has 1 aliphatic rings. The van der Waals surface area contributed by atoms with Crippen LogP contribution in [0.15, 0.2) is 59.7 Å². The third kappa shape index (κ3) is 3.94. The fourth-order valence-electron chi connectivity index (χ4n) is 3.06. The Labute approximate surface area is 167 Å². The van der Waals surface area contributed by atoms with Gasteiger partial charge in [0.15, 0.2) is 11.5 Å². The Morgan fingerprint density at radius 2 is 1.83 bits per heavy atom. The number of rotatable bonds is 5. The quantitative estimate of drug-likeness (QED) is 0.533. The van der Waals surface area contributed by atoms with Crippen molar-refractivity contribution in [2.24, 2.45) is 5.10 Å². The van der Waals surface area contributed by atoms with E-state index in [4.69, 9.17) is 18.9 Å². The van der Waals surface area contributed by atoms with Crippen molar-refractivity contribution in [1.29, 1.82) is 0 Å². The van der Waals surface area contributed by atoms with Gasteiger partial charge in [-0.2, -0.15) is 5.10 Å². The van der Waals surface area contributed by atoms with Gasteiger partial charge >= 0.3 is 0 Å². The lowest BCUT2D eigenvalue weighted by Crippen LogP contribution is -2.42. The summed E-state index contributed by atoms with van der Waals surface area (Å²) in [5.41, 5.74) is 3.16. The van der Waals surface area contributed by atoms with Crippen LogP contribution in [0.3, 0.4) is 0 Å². The van der Waals surface area contributed by atoms with Crippen molar-refractivity contribution in [2.75, 3.05) is 20.8 Å². The largest absolute Gasteiger partial charge is 0.497 e. The number of nitrogens with zero attached hydrogens (tertiary/aromatic N) is 1. The molecule has 0 radical (unpaired) electrons. The van der Waals surface area contributed by atoms with Crippen LogP contribution in [-0.4, -0.2) is 39.1 Å². The van der Waals surface area contributed by atoms with Crippen LogP contribution in [0.25, 0.3) is 10.8 Å². The van der Waals surface area contributed by atoms with E-state index < -0.39 is 12.0 Å². The van der Waals surface area contributed by atoms with Crippen molar-refractivity contribution >= 4 is 22.9 Å². The van der Waals surface area contributed by atoms with Crippen molar-refractivity contribution in [3.05, 3.63) is 60.2 Å². The fraction of sp³-hybridized carbons (Fsp3) is 0.182. The number of methoxy groups -OCH3 is 2. The molecule has 0 saturated heterocycles. The zero-order chi connectivity index (χ0) is 20.2. The number of carbonyl (C=O) groups is 1. The molecule has 3 aromatic rings. The number of carbonyl (C=O) groups excluding carboxylic acids is 1. The van der Waals surface area contributed by atoms with Crippen LogP contribution in [0.1, 0.15) is 5.56 Å². The summed E-state index contributed by atoms with van der Waals surface area (Å²) in [6.07, 6.45) is 0.692. The zero-order valence-electron chi connectivity index (χ0n) is 16.0. The lowest BCUT2D eigenvalue weighted by Gasteiger charge is -2.25. The maximum atomic E-state index is 12.5. The van der Waals surface area contributed by atoms with E-state index in [9.17, 15) is 4.79 Å². The van der Waals surface area contributed by atoms with Gasteiger partial charge in [0, 0.05) is 5.56 Å². The van der Waals surface area contributed by atoms with E-state index in [-0.39, 0.29) is 6.61 Å². The SMILES string of the molecule is COc1ccc(OC)c(/C=N/NC(=O)[C@H]2COc3cc4ccccc4cc3O2)c1. The summed E-state index contributed by atoms with van der Waals surface area (Å²) in [6.45, 7) is 0.106. The number of hydrazone groups is 1. The van der Waals surface area contributed by atoms with Gasteiger partial charge in [-0.05, 0) is 41.1 Å². The Morgan fingerprint density at radius 3 is 2.55 bits per heavy atom. The van der Waals surface area contributed by atoms with Crippen LogP contribution in [-0.2, 0) is 4.79 Å². The van der Waals surface area contributed by atoms with Crippen molar-refractivity contribution < 1.29 is 23.7 Å². The highest BCUT2D eigenvalue weighted by atomic mass is 16.6. The molecule has 0 aromatic heterocycles. The molecular formula is C22H20N2O5. The average molecular weight is 392 g/mol. The van der Waals surface area contributed by atoms with E-state index >= 15 is 0 Å². The van der Waals surface area contributed by atoms with E-state index in [1.807, 2.05) is 36.4 Å². The van der Waals surface area contributed by atoms with Gasteiger partial charge in [-0.1, -0.05) is 24.3 Å². The van der Waals surface area contributed by atoms with Gasteiger partial charge in [-0.25, -0.2) is 5.43 Å². The molecule has 148 valence electrons. The standard InChI is InChI=1S/C22H20N2O5/c1-26-17-7-8-18(27-2)16(9-17)12-23-24-22(25)21-13-28-19-10-14-5-3-4-6-15(14)11-20(19)29-21/h3-12,21H,13H2,1-2H3,(H,24,25)/b23-12+/t21-/m1/s1. The van der Waals surface area contributed by atoms with Crippen LogP contribution in [0.4, 0.5) is 0 Å². The van der Waals surface area contributed by atoms with E-state index in [0.717, 1.165) is 10.8 Å². The molecule has 29 heavy (non-hydrogen) atoms. The number of nitrogens with one attached hydrogen (secondary N) is 1. The van der Waals surface area contributed by atoms with Crippen molar-refractivity contribution in [3.63, 3.8) is 0 Å². The van der Waals surface area contributed by atoms with Gasteiger partial charge in [0.1, 0.15) is 18.1 Å². The summed E-state index contributed by atoms with van der Waals surface area (Å²) in [4.78, 5) is 12.5. The molecule has 4 rings (SSSR count). The first-order chi connectivity index (χ1) is 14.2. The molecule has 1 aliphatic heterocycles. The summed E-state index contributed by atoms with van der Waals surface area (Å²) in [7, 11) is 3.14. The smallest absolute Gasteiger partial charge is 0.284 e. The molecule has 0 aliphatic carbocycles. The zero-order valence-corrected chi connectivity index (χ0v) is 16.0.